The van der Waals surface area contributed by atoms with Crippen LogP contribution in [0.1, 0.15) is 66.7 Å². The normalized spacial score (nSPS) is 16.2. The number of amides is 2. The van der Waals surface area contributed by atoms with E-state index >= 15 is 0 Å². The summed E-state index contributed by atoms with van der Waals surface area (Å²) in [5.41, 5.74) is 0.616. The van der Waals surface area contributed by atoms with Crippen LogP contribution in [0.2, 0.25) is 0 Å². The van der Waals surface area contributed by atoms with E-state index in [1.165, 1.54) is 11.8 Å². The Morgan fingerprint density at radius 3 is 2.34 bits per heavy atom. The Hall–Kier alpha value is -3.53. The number of aliphatic carboxylic acids is 1. The van der Waals surface area contributed by atoms with Crippen molar-refractivity contribution in [3.05, 3.63) is 64.7 Å². The first-order valence-electron chi connectivity index (χ1n) is 12.5. The summed E-state index contributed by atoms with van der Waals surface area (Å²) < 4.78 is 38.8. The quantitative estimate of drug-likeness (QED) is 0.290. The Bertz CT molecular complexity index is 1160. The summed E-state index contributed by atoms with van der Waals surface area (Å²) in [6.45, 7) is 7.55. The van der Waals surface area contributed by atoms with Crippen molar-refractivity contribution < 1.29 is 37.7 Å². The Morgan fingerprint density at radius 1 is 1.13 bits per heavy atom. The van der Waals surface area contributed by atoms with Crippen LogP contribution in [0.4, 0.5) is 13.6 Å². The highest BCUT2D eigenvalue weighted by molar-refractivity contribution is 5.97. The maximum absolute atomic E-state index is 13.7. The number of rotatable bonds is 12. The molecule has 0 saturated heterocycles. The van der Waals surface area contributed by atoms with E-state index in [1.54, 1.807) is 32.9 Å². The van der Waals surface area contributed by atoms with Gasteiger partial charge in [-0.2, -0.15) is 0 Å². The van der Waals surface area contributed by atoms with Gasteiger partial charge in [-0.05, 0) is 50.5 Å². The first-order chi connectivity index (χ1) is 17.9. The number of halogens is 2. The smallest absolute Gasteiger partial charge is 0.329 e. The number of nitrogens with zero attached hydrogens (tertiary/aromatic N) is 1. The predicted octanol–water partition coefficient (Wildman–Crippen LogP) is 5.14. The molecule has 8 nitrogen and oxygen atoms in total. The van der Waals surface area contributed by atoms with Gasteiger partial charge in [-0.15, -0.1) is 0 Å². The lowest BCUT2D eigenvalue weighted by Gasteiger charge is -2.45. The number of carboxylic acids is 1. The minimum atomic E-state index is -3.16. The molecule has 206 valence electrons. The lowest BCUT2D eigenvalue weighted by molar-refractivity contribution is -0.175. The molecule has 1 atom stereocenters. The van der Waals surface area contributed by atoms with E-state index in [2.05, 4.69) is 5.32 Å². The second-order valence-corrected chi connectivity index (χ2v) is 9.58. The molecule has 2 aromatic carbocycles. The van der Waals surface area contributed by atoms with Gasteiger partial charge in [0.05, 0.1) is 31.4 Å². The summed E-state index contributed by atoms with van der Waals surface area (Å²) in [5, 5.41) is 12.0. The second-order valence-electron chi connectivity index (χ2n) is 9.58. The fourth-order valence-corrected chi connectivity index (χ4v) is 4.73. The number of hydrogen-bond donors (Lipinski definition) is 2. The first-order valence-corrected chi connectivity index (χ1v) is 12.5. The summed E-state index contributed by atoms with van der Waals surface area (Å²) in [6.07, 6.45) is -1.96. The van der Waals surface area contributed by atoms with Gasteiger partial charge in [0.1, 0.15) is 5.75 Å². The number of nitrogens with one attached hydrogen (secondary N) is 1. The third kappa shape index (κ3) is 6.48. The fourth-order valence-electron chi connectivity index (χ4n) is 4.73. The minimum Gasteiger partial charge on any atom is -0.493 e. The van der Waals surface area contributed by atoms with E-state index in [0.717, 1.165) is 5.56 Å². The number of alkyl halides is 2. The van der Waals surface area contributed by atoms with Crippen LogP contribution in [0.15, 0.2) is 42.5 Å². The van der Waals surface area contributed by atoms with E-state index in [1.807, 2.05) is 30.3 Å². The van der Waals surface area contributed by atoms with Crippen LogP contribution in [-0.2, 0) is 16.1 Å². The van der Waals surface area contributed by atoms with E-state index < -0.39 is 42.3 Å². The van der Waals surface area contributed by atoms with Gasteiger partial charge in [0.2, 0.25) is 0 Å². The standard InChI is InChI=1S/C28H34F2N2O6/c1-5-38-24-18(2)22(11-12-23(24)20(4)33)19(3)32(13-14-37-15-21-9-7-6-8-10-21)26(36)31-27(25(34)35)16-28(29,30)17-27/h6-12,19H,5,13-17H2,1-4H3,(H,31,36)(H,34,35)/t19-/m1/s1. The Morgan fingerprint density at radius 2 is 1.79 bits per heavy atom. The molecular formula is C28H34F2N2O6. The van der Waals surface area contributed by atoms with Crippen molar-refractivity contribution in [3.8, 4) is 5.75 Å². The fraction of sp³-hybridized carbons (Fsp3) is 0.464. The van der Waals surface area contributed by atoms with Gasteiger partial charge in [-0.1, -0.05) is 36.4 Å². The van der Waals surface area contributed by atoms with Crippen molar-refractivity contribution in [2.45, 2.75) is 64.6 Å². The third-order valence-electron chi connectivity index (χ3n) is 6.76. The molecule has 10 heteroatoms. The van der Waals surface area contributed by atoms with Gasteiger partial charge in [-0.25, -0.2) is 18.4 Å². The zero-order valence-electron chi connectivity index (χ0n) is 22.1. The van der Waals surface area contributed by atoms with Gasteiger partial charge in [0, 0.05) is 19.4 Å². The van der Waals surface area contributed by atoms with E-state index in [9.17, 15) is 28.3 Å². The van der Waals surface area contributed by atoms with Crippen LogP contribution in [-0.4, -0.2) is 59.0 Å². The molecule has 1 fully saturated rings. The van der Waals surface area contributed by atoms with E-state index in [4.69, 9.17) is 9.47 Å². The van der Waals surface area contributed by atoms with Crippen LogP contribution in [0.3, 0.4) is 0 Å². The van der Waals surface area contributed by atoms with Crippen molar-refractivity contribution in [1.82, 2.24) is 10.2 Å². The third-order valence-corrected chi connectivity index (χ3v) is 6.76. The number of hydrogen-bond acceptors (Lipinski definition) is 5. The number of benzene rings is 2. The summed E-state index contributed by atoms with van der Waals surface area (Å²) in [7, 11) is 0. The van der Waals surface area contributed by atoms with Gasteiger partial charge >= 0.3 is 12.0 Å². The number of carbonyl (C=O) groups excluding carboxylic acids is 2. The van der Waals surface area contributed by atoms with Crippen LogP contribution < -0.4 is 10.1 Å². The maximum Gasteiger partial charge on any atom is 0.329 e. The zero-order valence-corrected chi connectivity index (χ0v) is 22.1. The summed E-state index contributed by atoms with van der Waals surface area (Å²) in [5.74, 6) is -4.43. The molecule has 0 unspecified atom stereocenters. The Kier molecular flexibility index (Phi) is 9.09. The average molecular weight is 533 g/mol. The molecule has 0 bridgehead atoms. The number of ether oxygens (including phenoxy) is 2. The number of carbonyl (C=O) groups is 3. The maximum atomic E-state index is 13.7. The molecule has 0 heterocycles. The molecule has 2 N–H and O–H groups in total. The van der Waals surface area contributed by atoms with E-state index in [-0.39, 0.29) is 18.9 Å². The predicted molar refractivity (Wildman–Crippen MR) is 137 cm³/mol. The molecule has 1 aliphatic carbocycles. The molecule has 0 spiro atoms. The lowest BCUT2D eigenvalue weighted by Crippen LogP contribution is -2.68. The van der Waals surface area contributed by atoms with Crippen molar-refractivity contribution in [1.29, 1.82) is 0 Å². The molecule has 0 radical (unpaired) electrons. The van der Waals surface area contributed by atoms with Crippen molar-refractivity contribution in [2.75, 3.05) is 19.8 Å². The minimum absolute atomic E-state index is 0.0593. The zero-order chi connectivity index (χ0) is 28.1. The Balaban J connectivity index is 1.87. The van der Waals surface area contributed by atoms with Gasteiger partial charge in [-0.3, -0.25) is 4.79 Å². The van der Waals surface area contributed by atoms with Crippen LogP contribution >= 0.6 is 0 Å². The van der Waals surface area contributed by atoms with Gasteiger partial charge in [0.25, 0.3) is 5.92 Å². The van der Waals surface area contributed by atoms with E-state index in [0.29, 0.717) is 35.7 Å². The van der Waals surface area contributed by atoms with Crippen molar-refractivity contribution >= 4 is 17.8 Å². The van der Waals surface area contributed by atoms with Crippen molar-refractivity contribution in [3.63, 3.8) is 0 Å². The SMILES string of the molecule is CCOc1c(C(C)=O)ccc([C@@H](C)N(CCOCc2ccccc2)C(=O)NC2(C(=O)O)CC(F)(F)C2)c1C. The molecule has 3 rings (SSSR count). The number of carboxylic acid groups (broad SMARTS) is 1. The topological polar surface area (TPSA) is 105 Å². The summed E-state index contributed by atoms with van der Waals surface area (Å²) in [6, 6.07) is 11.4. The van der Waals surface area contributed by atoms with Crippen LogP contribution in [0, 0.1) is 6.92 Å². The highest BCUT2D eigenvalue weighted by Crippen LogP contribution is 2.46. The molecular weight excluding hydrogens is 498 g/mol. The largest absolute Gasteiger partial charge is 0.493 e. The Labute approximate surface area is 220 Å². The molecule has 2 amide bonds. The summed E-state index contributed by atoms with van der Waals surface area (Å²) >= 11 is 0. The molecule has 1 aliphatic rings. The van der Waals surface area contributed by atoms with Gasteiger partial charge in [0.15, 0.2) is 11.3 Å². The number of ketones is 1. The molecule has 1 saturated carbocycles. The highest BCUT2D eigenvalue weighted by atomic mass is 19.3. The monoisotopic (exact) mass is 532 g/mol. The van der Waals surface area contributed by atoms with Crippen LogP contribution in [0.25, 0.3) is 0 Å². The summed E-state index contributed by atoms with van der Waals surface area (Å²) in [4.78, 5) is 38.7. The first kappa shape index (κ1) is 29.0. The molecule has 0 aliphatic heterocycles. The number of urea groups is 1. The highest BCUT2D eigenvalue weighted by Gasteiger charge is 2.62. The average Bonchev–Trinajstić information content (AvgIpc) is 2.84. The van der Waals surface area contributed by atoms with Crippen molar-refractivity contribution in [2.24, 2.45) is 0 Å². The second kappa shape index (κ2) is 11.9. The lowest BCUT2D eigenvalue weighted by atomic mass is 9.73. The van der Waals surface area contributed by atoms with Crippen LogP contribution in [0.5, 0.6) is 5.75 Å². The van der Waals surface area contributed by atoms with Gasteiger partial charge < -0.3 is 24.8 Å². The number of Topliss-reactive ketones (excluding diaryl/α,β-unsaturated/α-hetero) is 1. The molecule has 0 aromatic heterocycles. The molecule has 2 aromatic rings. The molecule has 38 heavy (non-hydrogen) atoms.